The Kier molecular flexibility index (Phi) is 7.70. The molecule has 4 heteroatoms. The third kappa shape index (κ3) is 5.59. The lowest BCUT2D eigenvalue weighted by Crippen LogP contribution is -2.20. The number of allylic oxidation sites excluding steroid dienone is 3. The summed E-state index contributed by atoms with van der Waals surface area (Å²) in [6.45, 7) is 2.14. The number of esters is 1. The molecule has 0 spiro atoms. The van der Waals surface area contributed by atoms with Gasteiger partial charge in [0.05, 0.1) is 6.10 Å². The predicted octanol–water partition coefficient (Wildman–Crippen LogP) is 3.73. The molecule has 2 rings (SSSR count). The average molecular weight is 334 g/mol. The van der Waals surface area contributed by atoms with Crippen molar-refractivity contribution in [1.82, 2.24) is 0 Å². The van der Waals surface area contributed by atoms with Gasteiger partial charge in [-0.3, -0.25) is 9.59 Å². The molecule has 0 bridgehead atoms. The molecule has 24 heavy (non-hydrogen) atoms. The van der Waals surface area contributed by atoms with Gasteiger partial charge < -0.3 is 9.84 Å². The summed E-state index contributed by atoms with van der Waals surface area (Å²) in [7, 11) is 0. The highest BCUT2D eigenvalue weighted by Crippen LogP contribution is 2.33. The Balaban J connectivity index is 2.12. The number of aliphatic hydroxyl groups is 1. The molecule has 0 amide bonds. The second kappa shape index (κ2) is 9.77. The Morgan fingerprint density at radius 3 is 2.83 bits per heavy atom. The zero-order chi connectivity index (χ0) is 17.4. The SMILES string of the molecule is CCCCC[C@H]1/C=C/[C@H]2C(=O)C[C@H](O)[C@@H]2C/C=C\CCCC(=O)O1. The van der Waals surface area contributed by atoms with Crippen molar-refractivity contribution in [1.29, 1.82) is 0 Å². The topological polar surface area (TPSA) is 63.6 Å². The predicted molar refractivity (Wildman–Crippen MR) is 93.4 cm³/mol. The quantitative estimate of drug-likeness (QED) is 0.483. The van der Waals surface area contributed by atoms with E-state index in [1.54, 1.807) is 0 Å². The van der Waals surface area contributed by atoms with Crippen LogP contribution in [0.3, 0.4) is 0 Å². The number of Topliss-reactive ketones (excluding diaryl/α,β-unsaturated/α-hetero) is 1. The van der Waals surface area contributed by atoms with Gasteiger partial charge >= 0.3 is 5.97 Å². The van der Waals surface area contributed by atoms with Gasteiger partial charge in [0.2, 0.25) is 0 Å². The van der Waals surface area contributed by atoms with E-state index in [1.807, 2.05) is 24.3 Å². The number of hydrogen-bond acceptors (Lipinski definition) is 4. The first-order chi connectivity index (χ1) is 11.6. The lowest BCUT2D eigenvalue weighted by atomic mass is 9.90. The highest BCUT2D eigenvalue weighted by Gasteiger charge is 2.39. The van der Waals surface area contributed by atoms with Crippen LogP contribution < -0.4 is 0 Å². The zero-order valence-corrected chi connectivity index (χ0v) is 14.7. The van der Waals surface area contributed by atoms with Crippen LogP contribution in [0.5, 0.6) is 0 Å². The van der Waals surface area contributed by atoms with Crippen molar-refractivity contribution in [2.75, 3.05) is 0 Å². The molecule has 4 atom stereocenters. The largest absolute Gasteiger partial charge is 0.458 e. The van der Waals surface area contributed by atoms with Crippen LogP contribution in [-0.2, 0) is 14.3 Å². The van der Waals surface area contributed by atoms with Crippen LogP contribution >= 0.6 is 0 Å². The summed E-state index contributed by atoms with van der Waals surface area (Å²) in [4.78, 5) is 24.2. The number of unbranched alkanes of at least 4 members (excludes halogenated alkanes) is 2. The lowest BCUT2D eigenvalue weighted by molar-refractivity contribution is -0.147. The summed E-state index contributed by atoms with van der Waals surface area (Å²) in [6.07, 6.45) is 14.0. The number of rotatable bonds is 4. The maximum atomic E-state index is 12.2. The van der Waals surface area contributed by atoms with Crippen LogP contribution in [-0.4, -0.2) is 29.1 Å². The summed E-state index contributed by atoms with van der Waals surface area (Å²) in [5, 5.41) is 10.2. The molecular weight excluding hydrogens is 304 g/mol. The Morgan fingerprint density at radius 2 is 2.04 bits per heavy atom. The Morgan fingerprint density at radius 1 is 1.21 bits per heavy atom. The van der Waals surface area contributed by atoms with Gasteiger partial charge in [-0.05, 0) is 38.2 Å². The first kappa shape index (κ1) is 18.9. The molecule has 1 aliphatic heterocycles. The summed E-state index contributed by atoms with van der Waals surface area (Å²) < 4.78 is 5.60. The van der Waals surface area contributed by atoms with Crippen molar-refractivity contribution >= 4 is 11.8 Å². The van der Waals surface area contributed by atoms with Crippen molar-refractivity contribution in [3.05, 3.63) is 24.3 Å². The molecule has 1 N–H and O–H groups in total. The maximum Gasteiger partial charge on any atom is 0.306 e. The maximum absolute atomic E-state index is 12.2. The van der Waals surface area contributed by atoms with E-state index < -0.39 is 6.10 Å². The standard InChI is InChI=1S/C20H30O4/c1-2-3-6-9-15-12-13-17-16(18(21)14-19(17)22)10-7-4-5-8-11-20(23)24-15/h4,7,12-13,15-18,21H,2-3,5-6,8-11,14H2,1H3/b7-4-,13-12+/t15-,16+,17+,18-/m0/s1. The first-order valence-corrected chi connectivity index (χ1v) is 9.35. The highest BCUT2D eigenvalue weighted by molar-refractivity contribution is 5.86. The molecule has 0 aromatic heterocycles. The van der Waals surface area contributed by atoms with Gasteiger partial charge in [0.15, 0.2) is 0 Å². The van der Waals surface area contributed by atoms with Crippen LogP contribution in [0.2, 0.25) is 0 Å². The molecule has 134 valence electrons. The van der Waals surface area contributed by atoms with E-state index in [9.17, 15) is 14.7 Å². The molecule has 1 fully saturated rings. The Hall–Kier alpha value is -1.42. The number of hydrogen-bond donors (Lipinski definition) is 1. The fourth-order valence-electron chi connectivity index (χ4n) is 3.52. The molecule has 1 heterocycles. The van der Waals surface area contributed by atoms with Crippen LogP contribution in [0.4, 0.5) is 0 Å². The number of carbonyl (C=O) groups is 2. The van der Waals surface area contributed by atoms with Crippen LogP contribution in [0.1, 0.15) is 64.7 Å². The number of cyclic esters (lactones) is 1. The van der Waals surface area contributed by atoms with Gasteiger partial charge in [-0.25, -0.2) is 0 Å². The number of aliphatic hydroxyl groups excluding tert-OH is 1. The van der Waals surface area contributed by atoms with Crippen LogP contribution in [0.25, 0.3) is 0 Å². The van der Waals surface area contributed by atoms with Gasteiger partial charge in [0, 0.05) is 24.7 Å². The monoisotopic (exact) mass is 334 g/mol. The van der Waals surface area contributed by atoms with Gasteiger partial charge in [0.25, 0.3) is 0 Å². The molecule has 0 aromatic rings. The van der Waals surface area contributed by atoms with Gasteiger partial charge in [-0.2, -0.15) is 0 Å². The molecule has 2 aliphatic rings. The van der Waals surface area contributed by atoms with Crippen LogP contribution in [0.15, 0.2) is 24.3 Å². The van der Waals surface area contributed by atoms with Crippen molar-refractivity contribution < 1.29 is 19.4 Å². The van der Waals surface area contributed by atoms with Crippen molar-refractivity contribution in [2.45, 2.75) is 76.9 Å². The first-order valence-electron chi connectivity index (χ1n) is 9.35. The minimum absolute atomic E-state index is 0.0576. The zero-order valence-electron chi connectivity index (χ0n) is 14.7. The van der Waals surface area contributed by atoms with E-state index in [0.29, 0.717) is 12.8 Å². The highest BCUT2D eigenvalue weighted by atomic mass is 16.5. The normalized spacial score (nSPS) is 34.4. The third-order valence-electron chi connectivity index (χ3n) is 4.97. The molecule has 0 saturated heterocycles. The number of carbonyl (C=O) groups excluding carboxylic acids is 2. The second-order valence-corrected chi connectivity index (χ2v) is 6.94. The number of ketones is 1. The van der Waals surface area contributed by atoms with E-state index in [0.717, 1.165) is 38.5 Å². The number of ether oxygens (including phenoxy) is 1. The van der Waals surface area contributed by atoms with Crippen LogP contribution in [0, 0.1) is 11.8 Å². The lowest BCUT2D eigenvalue weighted by Gasteiger charge is -2.18. The molecular formula is C20H30O4. The van der Waals surface area contributed by atoms with E-state index in [2.05, 4.69) is 6.92 Å². The van der Waals surface area contributed by atoms with Gasteiger partial charge in [0.1, 0.15) is 11.9 Å². The Labute approximate surface area is 145 Å². The van der Waals surface area contributed by atoms with Crippen molar-refractivity contribution in [3.63, 3.8) is 0 Å². The summed E-state index contributed by atoms with van der Waals surface area (Å²) in [5.41, 5.74) is 0. The summed E-state index contributed by atoms with van der Waals surface area (Å²) in [6, 6.07) is 0. The van der Waals surface area contributed by atoms with Crippen molar-refractivity contribution in [2.24, 2.45) is 11.8 Å². The molecule has 1 saturated carbocycles. The second-order valence-electron chi connectivity index (χ2n) is 6.94. The van der Waals surface area contributed by atoms with E-state index in [-0.39, 0.29) is 36.1 Å². The molecule has 0 aromatic carbocycles. The fraction of sp³-hybridized carbons (Fsp3) is 0.700. The smallest absolute Gasteiger partial charge is 0.306 e. The Bertz CT molecular complexity index is 480. The molecule has 1 aliphatic carbocycles. The average Bonchev–Trinajstić information content (AvgIpc) is 2.81. The van der Waals surface area contributed by atoms with E-state index in [4.69, 9.17) is 4.74 Å². The van der Waals surface area contributed by atoms with Gasteiger partial charge in [-0.1, -0.05) is 38.0 Å². The molecule has 0 unspecified atom stereocenters. The van der Waals surface area contributed by atoms with Gasteiger partial charge in [-0.15, -0.1) is 0 Å². The van der Waals surface area contributed by atoms with Crippen molar-refractivity contribution in [3.8, 4) is 0 Å². The van der Waals surface area contributed by atoms with E-state index in [1.165, 1.54) is 0 Å². The minimum Gasteiger partial charge on any atom is -0.458 e. The fourth-order valence-corrected chi connectivity index (χ4v) is 3.52. The summed E-state index contributed by atoms with van der Waals surface area (Å²) >= 11 is 0. The number of fused-ring (bicyclic) bond motifs is 1. The third-order valence-corrected chi connectivity index (χ3v) is 4.97. The minimum atomic E-state index is -0.567. The van der Waals surface area contributed by atoms with E-state index >= 15 is 0 Å². The molecule has 4 nitrogen and oxygen atoms in total. The summed E-state index contributed by atoms with van der Waals surface area (Å²) in [5.74, 6) is -0.399. The molecule has 0 radical (unpaired) electrons.